The van der Waals surface area contributed by atoms with E-state index in [9.17, 15) is 4.79 Å². The molecule has 1 aliphatic heterocycles. The largest absolute Gasteiger partial charge is 0.447 e. The molecule has 144 valence electrons. The van der Waals surface area contributed by atoms with Gasteiger partial charge in [0.1, 0.15) is 0 Å². The van der Waals surface area contributed by atoms with Gasteiger partial charge in [0, 0.05) is 6.42 Å². The van der Waals surface area contributed by atoms with E-state index >= 15 is 0 Å². The van der Waals surface area contributed by atoms with Gasteiger partial charge in [-0.1, -0.05) is 63.3 Å². The van der Waals surface area contributed by atoms with E-state index in [1.54, 1.807) is 0 Å². The van der Waals surface area contributed by atoms with Crippen LogP contribution in [0, 0.1) is 0 Å². The van der Waals surface area contributed by atoms with E-state index in [1.165, 1.54) is 51.4 Å². The summed E-state index contributed by atoms with van der Waals surface area (Å²) in [5, 5.41) is 3.19. The molecule has 1 unspecified atom stereocenters. The lowest BCUT2D eigenvalue weighted by Crippen LogP contribution is -2.27. The van der Waals surface area contributed by atoms with Gasteiger partial charge < -0.3 is 4.74 Å². The lowest BCUT2D eigenvalue weighted by Gasteiger charge is -2.11. The van der Waals surface area contributed by atoms with Gasteiger partial charge in [-0.2, -0.15) is 0 Å². The lowest BCUT2D eigenvalue weighted by atomic mass is 10.1. The molecule has 0 spiro atoms. The summed E-state index contributed by atoms with van der Waals surface area (Å²) >= 11 is 0. The maximum atomic E-state index is 11.7. The molecule has 0 radical (unpaired) electrons. The quantitative estimate of drug-likeness (QED) is 0.222. The smallest absolute Gasteiger partial charge is 0.307 e. The highest BCUT2D eigenvalue weighted by Gasteiger charge is 2.17. The molecule has 1 heterocycles. The van der Waals surface area contributed by atoms with Crippen molar-refractivity contribution >= 4 is 5.97 Å². The molecular weight excluding hydrogens is 310 g/mol. The summed E-state index contributed by atoms with van der Waals surface area (Å²) in [4.78, 5) is 11.7. The summed E-state index contributed by atoms with van der Waals surface area (Å²) in [6, 6.07) is 0. The molecule has 0 aromatic rings. The van der Waals surface area contributed by atoms with Crippen LogP contribution in [0.2, 0.25) is 0 Å². The molecule has 25 heavy (non-hydrogen) atoms. The number of carbonyl (C=O) groups is 1. The van der Waals surface area contributed by atoms with Crippen molar-refractivity contribution < 1.29 is 9.53 Å². The van der Waals surface area contributed by atoms with Gasteiger partial charge >= 0.3 is 5.97 Å². The molecule has 3 nitrogen and oxygen atoms in total. The molecule has 3 heteroatoms. The third kappa shape index (κ3) is 13.8. The van der Waals surface area contributed by atoms with E-state index in [2.05, 4.69) is 36.5 Å². The van der Waals surface area contributed by atoms with Crippen molar-refractivity contribution in [3.05, 3.63) is 24.3 Å². The van der Waals surface area contributed by atoms with Gasteiger partial charge in [0.25, 0.3) is 0 Å². The maximum Gasteiger partial charge on any atom is 0.307 e. The van der Waals surface area contributed by atoms with Crippen molar-refractivity contribution in [2.75, 3.05) is 6.54 Å². The molecule has 1 N–H and O–H groups in total. The first kappa shape index (κ1) is 22.0. The third-order valence-corrected chi connectivity index (χ3v) is 4.62. The minimum absolute atomic E-state index is 0.0227. The van der Waals surface area contributed by atoms with Gasteiger partial charge in [0.15, 0.2) is 6.23 Å². The summed E-state index contributed by atoms with van der Waals surface area (Å²) in [5.41, 5.74) is 0. The number of rotatable bonds is 15. The molecule has 0 saturated carbocycles. The Morgan fingerprint density at radius 3 is 2.32 bits per heavy atom. The number of hydrogen-bond acceptors (Lipinski definition) is 3. The highest BCUT2D eigenvalue weighted by Crippen LogP contribution is 2.11. The Bertz CT molecular complexity index is 370. The molecule has 0 aliphatic carbocycles. The van der Waals surface area contributed by atoms with E-state index in [0.717, 1.165) is 38.6 Å². The van der Waals surface area contributed by atoms with Gasteiger partial charge in [-0.05, 0) is 57.9 Å². The van der Waals surface area contributed by atoms with Crippen molar-refractivity contribution in [2.45, 2.75) is 103 Å². The second-order valence-corrected chi connectivity index (χ2v) is 7.06. The normalized spacial score (nSPS) is 17.7. The molecule has 1 atom stereocenters. The molecular formula is C22H39NO2. The Balaban J connectivity index is 1.80. The summed E-state index contributed by atoms with van der Waals surface area (Å²) in [6.07, 6.45) is 25.1. The number of esters is 1. The van der Waals surface area contributed by atoms with Crippen LogP contribution in [0.5, 0.6) is 0 Å². The average Bonchev–Trinajstić information content (AvgIpc) is 3.11. The zero-order valence-corrected chi connectivity index (χ0v) is 16.3. The van der Waals surface area contributed by atoms with Crippen LogP contribution in [0.15, 0.2) is 24.3 Å². The molecule has 0 amide bonds. The molecule has 0 aromatic carbocycles. The second kappa shape index (κ2) is 16.4. The fraction of sp³-hybridized carbons (Fsp3) is 0.773. The van der Waals surface area contributed by atoms with E-state index in [1.807, 2.05) is 0 Å². The SMILES string of the molecule is CCCCC/C=C\C/C=C\CCCCCCCC(=O)OC1CCCN1. The van der Waals surface area contributed by atoms with Crippen LogP contribution in [-0.4, -0.2) is 18.7 Å². The van der Waals surface area contributed by atoms with Crippen molar-refractivity contribution in [1.82, 2.24) is 5.32 Å². The number of hydrogen-bond donors (Lipinski definition) is 1. The predicted molar refractivity (Wildman–Crippen MR) is 106 cm³/mol. The van der Waals surface area contributed by atoms with Crippen molar-refractivity contribution in [2.24, 2.45) is 0 Å². The summed E-state index contributed by atoms with van der Waals surface area (Å²) in [6.45, 7) is 3.22. The van der Waals surface area contributed by atoms with Crippen LogP contribution in [0.1, 0.15) is 96.8 Å². The van der Waals surface area contributed by atoms with E-state index in [0.29, 0.717) is 6.42 Å². The zero-order valence-electron chi connectivity index (χ0n) is 16.3. The number of allylic oxidation sites excluding steroid dienone is 4. The maximum absolute atomic E-state index is 11.7. The zero-order chi connectivity index (χ0) is 18.0. The van der Waals surface area contributed by atoms with Crippen LogP contribution in [0.25, 0.3) is 0 Å². The van der Waals surface area contributed by atoms with E-state index in [-0.39, 0.29) is 12.2 Å². The fourth-order valence-electron chi connectivity index (χ4n) is 3.05. The minimum Gasteiger partial charge on any atom is -0.447 e. The van der Waals surface area contributed by atoms with Gasteiger partial charge in [-0.15, -0.1) is 0 Å². The number of ether oxygens (including phenoxy) is 1. The standard InChI is InChI=1S/C22H39NO2/c1-2-3-4-5-6-7-8-9-10-11-12-13-14-15-16-19-22(24)25-21-18-17-20-23-21/h6-7,9-10,21,23H,2-5,8,11-20H2,1H3/b7-6-,10-9-. The predicted octanol–water partition coefficient (Wildman–Crippen LogP) is 6.05. The monoisotopic (exact) mass is 349 g/mol. The molecule has 1 fully saturated rings. The summed E-state index contributed by atoms with van der Waals surface area (Å²) < 4.78 is 5.37. The Hall–Kier alpha value is -1.09. The van der Waals surface area contributed by atoms with Crippen molar-refractivity contribution in [1.29, 1.82) is 0 Å². The minimum atomic E-state index is -0.0370. The average molecular weight is 350 g/mol. The number of carbonyl (C=O) groups excluding carboxylic acids is 1. The lowest BCUT2D eigenvalue weighted by molar-refractivity contribution is -0.149. The van der Waals surface area contributed by atoms with Crippen LogP contribution >= 0.6 is 0 Å². The topological polar surface area (TPSA) is 38.3 Å². The molecule has 1 saturated heterocycles. The molecule has 1 aliphatic rings. The first-order valence-corrected chi connectivity index (χ1v) is 10.6. The van der Waals surface area contributed by atoms with Gasteiger partial charge in [0.2, 0.25) is 0 Å². The molecule has 1 rings (SSSR count). The summed E-state index contributed by atoms with van der Waals surface area (Å²) in [7, 11) is 0. The Morgan fingerprint density at radius 2 is 1.64 bits per heavy atom. The van der Waals surface area contributed by atoms with Gasteiger partial charge in [-0.25, -0.2) is 0 Å². The van der Waals surface area contributed by atoms with Gasteiger partial charge in [-0.3, -0.25) is 10.1 Å². The van der Waals surface area contributed by atoms with E-state index < -0.39 is 0 Å². The van der Waals surface area contributed by atoms with Crippen LogP contribution in [0.3, 0.4) is 0 Å². The third-order valence-electron chi connectivity index (χ3n) is 4.62. The van der Waals surface area contributed by atoms with Crippen LogP contribution < -0.4 is 5.32 Å². The van der Waals surface area contributed by atoms with Crippen LogP contribution in [-0.2, 0) is 9.53 Å². The molecule has 0 bridgehead atoms. The fourth-order valence-corrected chi connectivity index (χ4v) is 3.05. The Kier molecular flexibility index (Phi) is 14.4. The van der Waals surface area contributed by atoms with Gasteiger partial charge in [0.05, 0.1) is 0 Å². The number of unbranched alkanes of at least 4 members (excludes halogenated alkanes) is 8. The highest BCUT2D eigenvalue weighted by molar-refractivity contribution is 5.69. The summed E-state index contributed by atoms with van der Waals surface area (Å²) in [5.74, 6) is -0.0370. The highest BCUT2D eigenvalue weighted by atomic mass is 16.6. The molecule has 0 aromatic heterocycles. The van der Waals surface area contributed by atoms with E-state index in [4.69, 9.17) is 4.74 Å². The van der Waals surface area contributed by atoms with Crippen LogP contribution in [0.4, 0.5) is 0 Å². The second-order valence-electron chi connectivity index (χ2n) is 7.06. The van der Waals surface area contributed by atoms with Crippen molar-refractivity contribution in [3.8, 4) is 0 Å². The first-order chi connectivity index (χ1) is 12.3. The number of nitrogens with one attached hydrogen (secondary N) is 1. The first-order valence-electron chi connectivity index (χ1n) is 10.6. The van der Waals surface area contributed by atoms with Crippen molar-refractivity contribution in [3.63, 3.8) is 0 Å². The Labute approximate surface area is 155 Å². The Morgan fingerprint density at radius 1 is 0.960 bits per heavy atom.